The second-order valence-corrected chi connectivity index (χ2v) is 3.98. The Hall–Kier alpha value is -1.06. The standard InChI is InChI=1S/C12H16O3/c1-8-9(2)15-12(14-8)7-10-3-5-11(13)6-4-10/h3-6,8-9,12-13H,7H2,1-2H3. The zero-order chi connectivity index (χ0) is 10.8. The third-order valence-electron chi connectivity index (χ3n) is 2.73. The van der Waals surface area contributed by atoms with Gasteiger partial charge in [-0.05, 0) is 31.5 Å². The number of rotatable bonds is 2. The van der Waals surface area contributed by atoms with Gasteiger partial charge in [0.25, 0.3) is 0 Å². The Bertz CT molecular complexity index is 310. The Morgan fingerprint density at radius 1 is 1.07 bits per heavy atom. The van der Waals surface area contributed by atoms with E-state index in [1.165, 1.54) is 0 Å². The van der Waals surface area contributed by atoms with Crippen LogP contribution < -0.4 is 0 Å². The predicted octanol–water partition coefficient (Wildman–Crippen LogP) is 2.08. The highest BCUT2D eigenvalue weighted by Crippen LogP contribution is 2.22. The molecular formula is C12H16O3. The van der Waals surface area contributed by atoms with Crippen molar-refractivity contribution in [3.8, 4) is 5.75 Å². The fourth-order valence-electron chi connectivity index (χ4n) is 1.65. The van der Waals surface area contributed by atoms with Crippen LogP contribution in [0, 0.1) is 0 Å². The van der Waals surface area contributed by atoms with Crippen LogP contribution in [0.15, 0.2) is 24.3 Å². The normalized spacial score (nSPS) is 30.7. The fraction of sp³-hybridized carbons (Fsp3) is 0.500. The van der Waals surface area contributed by atoms with Crippen LogP contribution in [-0.2, 0) is 15.9 Å². The average Bonchev–Trinajstić information content (AvgIpc) is 2.50. The topological polar surface area (TPSA) is 38.7 Å². The molecule has 0 bridgehead atoms. The number of hydrogen-bond donors (Lipinski definition) is 1. The van der Waals surface area contributed by atoms with Crippen LogP contribution >= 0.6 is 0 Å². The molecule has 0 saturated carbocycles. The van der Waals surface area contributed by atoms with Gasteiger partial charge < -0.3 is 14.6 Å². The Morgan fingerprint density at radius 2 is 1.60 bits per heavy atom. The summed E-state index contributed by atoms with van der Waals surface area (Å²) >= 11 is 0. The van der Waals surface area contributed by atoms with Crippen LogP contribution in [0.2, 0.25) is 0 Å². The molecule has 3 heteroatoms. The van der Waals surface area contributed by atoms with Gasteiger partial charge in [0.2, 0.25) is 0 Å². The van der Waals surface area contributed by atoms with E-state index >= 15 is 0 Å². The minimum Gasteiger partial charge on any atom is -0.508 e. The SMILES string of the molecule is CC1OC(Cc2ccc(O)cc2)OC1C. The zero-order valence-electron chi connectivity index (χ0n) is 9.01. The van der Waals surface area contributed by atoms with Crippen LogP contribution in [0.5, 0.6) is 5.75 Å². The minimum absolute atomic E-state index is 0.153. The van der Waals surface area contributed by atoms with E-state index in [-0.39, 0.29) is 24.2 Å². The summed E-state index contributed by atoms with van der Waals surface area (Å²) in [5.74, 6) is 0.286. The Kier molecular flexibility index (Phi) is 2.93. The van der Waals surface area contributed by atoms with Gasteiger partial charge in [-0.1, -0.05) is 12.1 Å². The first kappa shape index (κ1) is 10.5. The smallest absolute Gasteiger partial charge is 0.162 e. The summed E-state index contributed by atoms with van der Waals surface area (Å²) in [6.45, 7) is 4.03. The summed E-state index contributed by atoms with van der Waals surface area (Å²) in [7, 11) is 0. The van der Waals surface area contributed by atoms with Crippen molar-refractivity contribution in [3.05, 3.63) is 29.8 Å². The summed E-state index contributed by atoms with van der Waals surface area (Å²) in [5.41, 5.74) is 1.11. The van der Waals surface area contributed by atoms with Crippen molar-refractivity contribution in [2.24, 2.45) is 0 Å². The van der Waals surface area contributed by atoms with E-state index in [9.17, 15) is 0 Å². The van der Waals surface area contributed by atoms with Crippen molar-refractivity contribution < 1.29 is 14.6 Å². The molecule has 0 aliphatic carbocycles. The molecule has 2 rings (SSSR count). The van der Waals surface area contributed by atoms with Gasteiger partial charge in [-0.15, -0.1) is 0 Å². The molecular weight excluding hydrogens is 192 g/mol. The van der Waals surface area contributed by atoms with Crippen molar-refractivity contribution in [1.82, 2.24) is 0 Å². The van der Waals surface area contributed by atoms with E-state index in [1.807, 2.05) is 26.0 Å². The molecule has 1 fully saturated rings. The maximum Gasteiger partial charge on any atom is 0.162 e. The molecule has 2 atom stereocenters. The van der Waals surface area contributed by atoms with Crippen LogP contribution in [0.25, 0.3) is 0 Å². The summed E-state index contributed by atoms with van der Waals surface area (Å²) < 4.78 is 11.2. The molecule has 0 radical (unpaired) electrons. The fourth-order valence-corrected chi connectivity index (χ4v) is 1.65. The molecule has 3 nitrogen and oxygen atoms in total. The first-order chi connectivity index (χ1) is 7.15. The largest absolute Gasteiger partial charge is 0.508 e. The van der Waals surface area contributed by atoms with E-state index in [1.54, 1.807) is 12.1 Å². The van der Waals surface area contributed by atoms with Crippen LogP contribution in [0.3, 0.4) is 0 Å². The lowest BCUT2D eigenvalue weighted by atomic mass is 10.1. The number of phenols is 1. The first-order valence-corrected chi connectivity index (χ1v) is 5.24. The first-order valence-electron chi connectivity index (χ1n) is 5.24. The quantitative estimate of drug-likeness (QED) is 0.808. The third kappa shape index (κ3) is 2.49. The molecule has 15 heavy (non-hydrogen) atoms. The molecule has 2 unspecified atom stereocenters. The number of phenolic OH excluding ortho intramolecular Hbond substituents is 1. The van der Waals surface area contributed by atoms with Gasteiger partial charge in [0.1, 0.15) is 5.75 Å². The summed E-state index contributed by atoms with van der Waals surface area (Å²) in [4.78, 5) is 0. The molecule has 1 heterocycles. The maximum atomic E-state index is 9.14. The summed E-state index contributed by atoms with van der Waals surface area (Å²) in [6.07, 6.45) is 0.897. The van der Waals surface area contributed by atoms with Crippen molar-refractivity contribution in [3.63, 3.8) is 0 Å². The number of aromatic hydroxyl groups is 1. The van der Waals surface area contributed by atoms with Crippen molar-refractivity contribution >= 4 is 0 Å². The van der Waals surface area contributed by atoms with Crippen molar-refractivity contribution in [1.29, 1.82) is 0 Å². The second-order valence-electron chi connectivity index (χ2n) is 3.98. The molecule has 1 N–H and O–H groups in total. The van der Waals surface area contributed by atoms with Gasteiger partial charge in [0, 0.05) is 6.42 Å². The molecule has 1 aromatic carbocycles. The number of ether oxygens (including phenoxy) is 2. The van der Waals surface area contributed by atoms with Crippen LogP contribution in [0.4, 0.5) is 0 Å². The lowest BCUT2D eigenvalue weighted by molar-refractivity contribution is -0.0607. The molecule has 0 amide bonds. The highest BCUT2D eigenvalue weighted by Gasteiger charge is 2.29. The lowest BCUT2D eigenvalue weighted by Crippen LogP contribution is -2.13. The molecule has 1 aliphatic heterocycles. The molecule has 0 spiro atoms. The predicted molar refractivity (Wildman–Crippen MR) is 56.7 cm³/mol. The van der Waals surface area contributed by atoms with Gasteiger partial charge in [-0.3, -0.25) is 0 Å². The van der Waals surface area contributed by atoms with Gasteiger partial charge in [0.05, 0.1) is 12.2 Å². The highest BCUT2D eigenvalue weighted by molar-refractivity contribution is 5.26. The molecule has 0 aromatic heterocycles. The van der Waals surface area contributed by atoms with Gasteiger partial charge in [0.15, 0.2) is 6.29 Å². The van der Waals surface area contributed by atoms with Crippen molar-refractivity contribution in [2.45, 2.75) is 38.8 Å². The summed E-state index contributed by atoms with van der Waals surface area (Å²) in [6, 6.07) is 7.12. The second kappa shape index (κ2) is 4.21. The van der Waals surface area contributed by atoms with Crippen LogP contribution in [-0.4, -0.2) is 23.6 Å². The Morgan fingerprint density at radius 3 is 2.13 bits per heavy atom. The highest BCUT2D eigenvalue weighted by atomic mass is 16.7. The molecule has 82 valence electrons. The number of benzene rings is 1. The monoisotopic (exact) mass is 208 g/mol. The van der Waals surface area contributed by atoms with E-state index in [4.69, 9.17) is 14.6 Å². The summed E-state index contributed by atoms with van der Waals surface area (Å²) in [5, 5.41) is 9.14. The zero-order valence-corrected chi connectivity index (χ0v) is 9.01. The van der Waals surface area contributed by atoms with E-state index in [0.717, 1.165) is 12.0 Å². The average molecular weight is 208 g/mol. The molecule has 1 aromatic rings. The number of hydrogen-bond acceptors (Lipinski definition) is 3. The van der Waals surface area contributed by atoms with Gasteiger partial charge in [-0.2, -0.15) is 0 Å². The van der Waals surface area contributed by atoms with E-state index < -0.39 is 0 Å². The maximum absolute atomic E-state index is 9.14. The van der Waals surface area contributed by atoms with Gasteiger partial charge in [-0.25, -0.2) is 0 Å². The Balaban J connectivity index is 1.95. The Labute approximate surface area is 89.6 Å². The third-order valence-corrected chi connectivity index (χ3v) is 2.73. The molecule has 1 aliphatic rings. The van der Waals surface area contributed by atoms with Crippen molar-refractivity contribution in [2.75, 3.05) is 0 Å². The minimum atomic E-state index is -0.153. The van der Waals surface area contributed by atoms with E-state index in [0.29, 0.717) is 0 Å². The molecule has 1 saturated heterocycles. The van der Waals surface area contributed by atoms with Crippen LogP contribution in [0.1, 0.15) is 19.4 Å². The lowest BCUT2D eigenvalue weighted by Gasteiger charge is -2.09. The van der Waals surface area contributed by atoms with Gasteiger partial charge >= 0.3 is 0 Å². The van der Waals surface area contributed by atoms with E-state index in [2.05, 4.69) is 0 Å².